The second kappa shape index (κ2) is 3.62. The highest BCUT2D eigenvalue weighted by atomic mass is 16.4. The summed E-state index contributed by atoms with van der Waals surface area (Å²) in [6.45, 7) is 4.11. The van der Waals surface area contributed by atoms with Gasteiger partial charge in [-0.1, -0.05) is 13.8 Å². The van der Waals surface area contributed by atoms with Crippen LogP contribution in [0, 0.1) is 0 Å². The van der Waals surface area contributed by atoms with Crippen molar-refractivity contribution in [3.05, 3.63) is 17.7 Å². The van der Waals surface area contributed by atoms with E-state index in [1.807, 2.05) is 11.6 Å². The fourth-order valence-corrected chi connectivity index (χ4v) is 1.73. The minimum Gasteiger partial charge on any atom is -0.481 e. The normalized spacial score (nSPS) is 11.5. The van der Waals surface area contributed by atoms with Gasteiger partial charge in [0.1, 0.15) is 5.82 Å². The van der Waals surface area contributed by atoms with Crippen molar-refractivity contribution in [1.82, 2.24) is 19.2 Å². The van der Waals surface area contributed by atoms with Gasteiger partial charge in [0, 0.05) is 13.0 Å². The van der Waals surface area contributed by atoms with E-state index in [4.69, 9.17) is 5.11 Å². The largest absolute Gasteiger partial charge is 0.481 e. The third kappa shape index (κ3) is 1.66. The number of hydrogen-bond donors (Lipinski definition) is 1. The average Bonchev–Trinajstić information content (AvgIpc) is 2.65. The van der Waals surface area contributed by atoms with Crippen molar-refractivity contribution in [3.63, 3.8) is 0 Å². The first-order chi connectivity index (χ1) is 7.49. The maximum absolute atomic E-state index is 10.6. The molecule has 0 unspecified atom stereocenters. The van der Waals surface area contributed by atoms with Gasteiger partial charge in [-0.05, 0) is 0 Å². The van der Waals surface area contributed by atoms with Crippen molar-refractivity contribution in [3.8, 4) is 0 Å². The van der Waals surface area contributed by atoms with Crippen LogP contribution in [0.5, 0.6) is 0 Å². The van der Waals surface area contributed by atoms with Crippen LogP contribution in [0.1, 0.15) is 31.3 Å². The summed E-state index contributed by atoms with van der Waals surface area (Å²) in [5.41, 5.74) is 0.529. The van der Waals surface area contributed by atoms with Gasteiger partial charge in [-0.2, -0.15) is 5.10 Å². The van der Waals surface area contributed by atoms with Crippen LogP contribution in [0.25, 0.3) is 5.78 Å². The molecule has 2 rings (SSSR count). The van der Waals surface area contributed by atoms with Crippen molar-refractivity contribution in [2.24, 2.45) is 7.05 Å². The Balaban J connectivity index is 2.46. The first-order valence-corrected chi connectivity index (χ1v) is 5.11. The Morgan fingerprint density at radius 3 is 2.75 bits per heavy atom. The molecule has 2 heterocycles. The van der Waals surface area contributed by atoms with Crippen LogP contribution in [0.2, 0.25) is 0 Å². The van der Waals surface area contributed by atoms with Gasteiger partial charge in [0.2, 0.25) is 5.78 Å². The number of carboxylic acids is 1. The van der Waals surface area contributed by atoms with E-state index in [0.29, 0.717) is 17.4 Å². The topological polar surface area (TPSA) is 72.4 Å². The quantitative estimate of drug-likeness (QED) is 0.834. The number of rotatable bonds is 3. The van der Waals surface area contributed by atoms with E-state index >= 15 is 0 Å². The van der Waals surface area contributed by atoms with E-state index in [1.165, 1.54) is 0 Å². The molecule has 0 radical (unpaired) electrons. The molecule has 0 aliphatic heterocycles. The van der Waals surface area contributed by atoms with Crippen LogP contribution in [0.15, 0.2) is 6.20 Å². The Hall–Kier alpha value is -1.85. The van der Waals surface area contributed by atoms with Crippen LogP contribution in [-0.4, -0.2) is 30.2 Å². The monoisotopic (exact) mass is 222 g/mol. The van der Waals surface area contributed by atoms with Crippen LogP contribution in [0.3, 0.4) is 0 Å². The summed E-state index contributed by atoms with van der Waals surface area (Å²) in [6, 6.07) is 0. The first-order valence-electron chi connectivity index (χ1n) is 5.11. The molecule has 0 fully saturated rings. The van der Waals surface area contributed by atoms with E-state index in [9.17, 15) is 4.79 Å². The van der Waals surface area contributed by atoms with Gasteiger partial charge < -0.3 is 5.11 Å². The van der Waals surface area contributed by atoms with Crippen LogP contribution in [0.4, 0.5) is 0 Å². The highest BCUT2D eigenvalue weighted by molar-refractivity contribution is 5.69. The Labute approximate surface area is 92.5 Å². The summed E-state index contributed by atoms with van der Waals surface area (Å²) in [5.74, 6) is 1.05. The summed E-state index contributed by atoms with van der Waals surface area (Å²) >= 11 is 0. The fraction of sp³-hybridized carbons (Fsp3) is 0.500. The number of imidazole rings is 1. The molecule has 0 aliphatic carbocycles. The summed E-state index contributed by atoms with van der Waals surface area (Å²) in [4.78, 5) is 14.8. The Bertz CT molecular complexity index is 538. The Morgan fingerprint density at radius 1 is 1.56 bits per heavy atom. The highest BCUT2D eigenvalue weighted by Gasteiger charge is 2.14. The van der Waals surface area contributed by atoms with Gasteiger partial charge in [0.25, 0.3) is 0 Å². The molecule has 0 aliphatic rings. The van der Waals surface area contributed by atoms with Gasteiger partial charge in [-0.15, -0.1) is 0 Å². The molecule has 0 saturated carbocycles. The second-order valence-corrected chi connectivity index (χ2v) is 4.12. The molecule has 6 heteroatoms. The van der Waals surface area contributed by atoms with E-state index in [1.54, 1.807) is 10.7 Å². The van der Waals surface area contributed by atoms with Gasteiger partial charge in [0.05, 0.1) is 18.3 Å². The van der Waals surface area contributed by atoms with E-state index in [0.717, 1.165) is 5.82 Å². The van der Waals surface area contributed by atoms with E-state index in [-0.39, 0.29) is 6.42 Å². The minimum atomic E-state index is -0.882. The molecule has 0 spiro atoms. The smallest absolute Gasteiger partial charge is 0.309 e. The molecule has 86 valence electrons. The summed E-state index contributed by atoms with van der Waals surface area (Å²) in [5, 5.41) is 13.0. The molecule has 0 amide bonds. The average molecular weight is 222 g/mol. The number of hydrogen-bond acceptors (Lipinski definition) is 3. The van der Waals surface area contributed by atoms with Crippen LogP contribution >= 0.6 is 0 Å². The minimum absolute atomic E-state index is 0.0691. The summed E-state index contributed by atoms with van der Waals surface area (Å²) in [7, 11) is 1.88. The van der Waals surface area contributed by atoms with Crippen molar-refractivity contribution in [2.75, 3.05) is 0 Å². The molecule has 2 aromatic rings. The number of carbonyl (C=O) groups is 1. The van der Waals surface area contributed by atoms with E-state index in [2.05, 4.69) is 23.9 Å². The predicted molar refractivity (Wildman–Crippen MR) is 57.4 cm³/mol. The standard InChI is InChI=1S/C10H14N4O2/c1-6(2)9-12-14-5-7(4-8(15)16)11-10(14)13(9)3/h5-6H,4H2,1-3H3,(H,15,16). The molecular formula is C10H14N4O2. The van der Waals surface area contributed by atoms with Crippen molar-refractivity contribution in [1.29, 1.82) is 0 Å². The maximum Gasteiger partial charge on any atom is 0.309 e. The lowest BCUT2D eigenvalue weighted by atomic mass is 10.2. The fourth-order valence-electron chi connectivity index (χ4n) is 1.73. The molecule has 0 aromatic carbocycles. The Morgan fingerprint density at radius 2 is 2.25 bits per heavy atom. The molecule has 16 heavy (non-hydrogen) atoms. The van der Waals surface area contributed by atoms with Crippen molar-refractivity contribution >= 4 is 11.7 Å². The van der Waals surface area contributed by atoms with Crippen molar-refractivity contribution < 1.29 is 9.90 Å². The van der Waals surface area contributed by atoms with Crippen molar-refractivity contribution in [2.45, 2.75) is 26.2 Å². The summed E-state index contributed by atoms with van der Waals surface area (Å²) < 4.78 is 3.52. The first kappa shape index (κ1) is 10.7. The lowest BCUT2D eigenvalue weighted by Gasteiger charge is -2.02. The van der Waals surface area contributed by atoms with Gasteiger partial charge in [-0.25, -0.2) is 9.50 Å². The molecule has 6 nitrogen and oxygen atoms in total. The molecular weight excluding hydrogens is 208 g/mol. The molecule has 1 N–H and O–H groups in total. The predicted octanol–water partition coefficient (Wildman–Crippen LogP) is 0.818. The maximum atomic E-state index is 10.6. The van der Waals surface area contributed by atoms with E-state index < -0.39 is 5.97 Å². The number of aromatic nitrogens is 4. The zero-order valence-electron chi connectivity index (χ0n) is 9.51. The third-order valence-electron chi connectivity index (χ3n) is 2.42. The zero-order valence-corrected chi connectivity index (χ0v) is 9.51. The molecule has 0 saturated heterocycles. The lowest BCUT2D eigenvalue weighted by molar-refractivity contribution is -0.136. The zero-order chi connectivity index (χ0) is 11.9. The van der Waals surface area contributed by atoms with Crippen LogP contribution in [-0.2, 0) is 18.3 Å². The molecule has 2 aromatic heterocycles. The SMILES string of the molecule is CC(C)c1nn2cc(CC(=O)O)nc2n1C. The number of aliphatic carboxylic acids is 1. The highest BCUT2D eigenvalue weighted by Crippen LogP contribution is 2.14. The van der Waals surface area contributed by atoms with Crippen LogP contribution < -0.4 is 0 Å². The lowest BCUT2D eigenvalue weighted by Crippen LogP contribution is -2.03. The third-order valence-corrected chi connectivity index (χ3v) is 2.42. The second-order valence-electron chi connectivity index (χ2n) is 4.12. The van der Waals surface area contributed by atoms with Gasteiger partial charge in [-0.3, -0.25) is 9.36 Å². The number of carboxylic acid groups (broad SMARTS) is 1. The summed E-state index contributed by atoms with van der Waals surface area (Å²) in [6.07, 6.45) is 1.59. The molecule has 0 atom stereocenters. The number of nitrogens with zero attached hydrogens (tertiary/aromatic N) is 4. The number of fused-ring (bicyclic) bond motifs is 1. The van der Waals surface area contributed by atoms with Gasteiger partial charge in [0.15, 0.2) is 0 Å². The number of aryl methyl sites for hydroxylation is 1. The van der Waals surface area contributed by atoms with Gasteiger partial charge >= 0.3 is 5.97 Å². The molecule has 0 bridgehead atoms. The Kier molecular flexibility index (Phi) is 2.41.